The van der Waals surface area contributed by atoms with Gasteiger partial charge in [0.2, 0.25) is 0 Å². The molecule has 0 saturated heterocycles. The molecule has 0 bridgehead atoms. The molecule has 3 rings (SSSR count). The van der Waals surface area contributed by atoms with E-state index in [-0.39, 0.29) is 12.4 Å². The number of carbonyl (C=O) groups excluding carboxylic acids is 1. The van der Waals surface area contributed by atoms with Gasteiger partial charge in [0.25, 0.3) is 0 Å². The lowest BCUT2D eigenvalue weighted by Crippen LogP contribution is -2.07. The summed E-state index contributed by atoms with van der Waals surface area (Å²) in [5.74, 6) is -0.249. The Kier molecular flexibility index (Phi) is 4.47. The van der Waals surface area contributed by atoms with Gasteiger partial charge in [-0.25, -0.2) is 15.0 Å². The van der Waals surface area contributed by atoms with Crippen LogP contribution in [-0.4, -0.2) is 27.5 Å². The molecular weight excluding hydrogens is 326 g/mol. The number of aromatic nitrogens is 3. The first-order valence-corrected chi connectivity index (χ1v) is 8.80. The van der Waals surface area contributed by atoms with Gasteiger partial charge >= 0.3 is 5.97 Å². The normalized spacial score (nSPS) is 10.9. The highest BCUT2D eigenvalue weighted by molar-refractivity contribution is 8.01. The second-order valence-corrected chi connectivity index (χ2v) is 7.00. The van der Waals surface area contributed by atoms with Crippen LogP contribution in [-0.2, 0) is 16.0 Å². The standard InChI is InChI=1S/C13H11N3O2S3/c1-2-18-10(17)5-8-6-20-13(16-8)21-12-9-3-4-19-11(9)14-7-15-12/h3-4,6-7H,2,5H2,1H3. The van der Waals surface area contributed by atoms with Gasteiger partial charge in [-0.3, -0.25) is 4.79 Å². The van der Waals surface area contributed by atoms with Crippen molar-refractivity contribution in [1.82, 2.24) is 15.0 Å². The van der Waals surface area contributed by atoms with E-state index in [0.29, 0.717) is 6.61 Å². The summed E-state index contributed by atoms with van der Waals surface area (Å²) in [6, 6.07) is 2.01. The largest absolute Gasteiger partial charge is 0.466 e. The van der Waals surface area contributed by atoms with E-state index >= 15 is 0 Å². The third kappa shape index (κ3) is 3.39. The van der Waals surface area contributed by atoms with Crippen molar-refractivity contribution in [2.24, 2.45) is 0 Å². The van der Waals surface area contributed by atoms with Crippen LogP contribution in [0.1, 0.15) is 12.6 Å². The number of esters is 1. The zero-order valence-electron chi connectivity index (χ0n) is 11.1. The monoisotopic (exact) mass is 337 g/mol. The summed E-state index contributed by atoms with van der Waals surface area (Å²) in [5.41, 5.74) is 0.733. The van der Waals surface area contributed by atoms with Crippen molar-refractivity contribution in [3.8, 4) is 0 Å². The van der Waals surface area contributed by atoms with Gasteiger partial charge in [0.1, 0.15) is 16.2 Å². The first-order valence-electron chi connectivity index (χ1n) is 6.22. The van der Waals surface area contributed by atoms with Crippen molar-refractivity contribution < 1.29 is 9.53 Å². The maximum atomic E-state index is 11.4. The molecule has 8 heteroatoms. The zero-order chi connectivity index (χ0) is 14.7. The molecule has 0 aliphatic carbocycles. The van der Waals surface area contributed by atoms with Crippen LogP contribution in [0.5, 0.6) is 0 Å². The van der Waals surface area contributed by atoms with E-state index in [1.54, 1.807) is 24.6 Å². The van der Waals surface area contributed by atoms with Gasteiger partial charge in [0.15, 0.2) is 4.34 Å². The van der Waals surface area contributed by atoms with Crippen molar-refractivity contribution in [3.05, 3.63) is 28.8 Å². The molecule has 0 N–H and O–H groups in total. The van der Waals surface area contributed by atoms with Gasteiger partial charge in [-0.15, -0.1) is 22.7 Å². The van der Waals surface area contributed by atoms with E-state index in [4.69, 9.17) is 4.74 Å². The number of hydrogen-bond donors (Lipinski definition) is 0. The Morgan fingerprint density at radius 3 is 3.14 bits per heavy atom. The molecule has 5 nitrogen and oxygen atoms in total. The first kappa shape index (κ1) is 14.4. The molecule has 21 heavy (non-hydrogen) atoms. The number of thiophene rings is 1. The van der Waals surface area contributed by atoms with Crippen LogP contribution in [0.2, 0.25) is 0 Å². The van der Waals surface area contributed by atoms with E-state index in [0.717, 1.165) is 25.3 Å². The number of carbonyl (C=O) groups is 1. The molecule has 0 spiro atoms. The van der Waals surface area contributed by atoms with Gasteiger partial charge in [0.05, 0.1) is 18.7 Å². The molecule has 0 saturated carbocycles. The Bertz CT molecular complexity index is 769. The molecule has 0 aromatic carbocycles. The molecule has 0 fully saturated rings. The Labute approximate surface area is 133 Å². The Hall–Kier alpha value is -1.51. The Morgan fingerprint density at radius 2 is 2.29 bits per heavy atom. The van der Waals surface area contributed by atoms with E-state index in [1.807, 2.05) is 16.8 Å². The SMILES string of the molecule is CCOC(=O)Cc1csc(Sc2ncnc3sccc23)n1. The van der Waals surface area contributed by atoms with E-state index in [9.17, 15) is 4.79 Å². The minimum Gasteiger partial charge on any atom is -0.466 e. The molecule has 0 aliphatic rings. The van der Waals surface area contributed by atoms with E-state index < -0.39 is 0 Å². The van der Waals surface area contributed by atoms with Crippen LogP contribution < -0.4 is 0 Å². The van der Waals surface area contributed by atoms with Crippen molar-refractivity contribution in [1.29, 1.82) is 0 Å². The smallest absolute Gasteiger partial charge is 0.311 e. The van der Waals surface area contributed by atoms with Crippen molar-refractivity contribution >= 4 is 50.6 Å². The first-order chi connectivity index (χ1) is 10.3. The number of thiazole rings is 1. The minimum absolute atomic E-state index is 0.211. The summed E-state index contributed by atoms with van der Waals surface area (Å²) in [6.45, 7) is 2.18. The molecular formula is C13H11N3O2S3. The van der Waals surface area contributed by atoms with Gasteiger partial charge < -0.3 is 4.74 Å². The maximum Gasteiger partial charge on any atom is 0.311 e. The van der Waals surface area contributed by atoms with Gasteiger partial charge in [0, 0.05) is 10.8 Å². The molecule has 0 radical (unpaired) electrons. The van der Waals surface area contributed by atoms with Gasteiger partial charge in [-0.05, 0) is 30.1 Å². The number of hydrogen-bond acceptors (Lipinski definition) is 8. The lowest BCUT2D eigenvalue weighted by Gasteiger charge is -1.99. The van der Waals surface area contributed by atoms with Gasteiger partial charge in [-0.2, -0.15) is 0 Å². The van der Waals surface area contributed by atoms with E-state index in [1.165, 1.54) is 23.1 Å². The molecule has 3 aromatic heterocycles. The Balaban J connectivity index is 1.75. The van der Waals surface area contributed by atoms with Crippen LogP contribution in [0.4, 0.5) is 0 Å². The van der Waals surface area contributed by atoms with Crippen LogP contribution in [0.15, 0.2) is 32.5 Å². The number of fused-ring (bicyclic) bond motifs is 1. The number of nitrogens with zero attached hydrogens (tertiary/aromatic N) is 3. The summed E-state index contributed by atoms with van der Waals surface area (Å²) in [7, 11) is 0. The quantitative estimate of drug-likeness (QED) is 0.525. The fourth-order valence-corrected chi connectivity index (χ4v) is 4.32. The summed E-state index contributed by atoms with van der Waals surface area (Å²) in [5, 5.41) is 5.80. The minimum atomic E-state index is -0.249. The average molecular weight is 337 g/mol. The maximum absolute atomic E-state index is 11.4. The van der Waals surface area contributed by atoms with Crippen LogP contribution >= 0.6 is 34.4 Å². The van der Waals surface area contributed by atoms with Crippen LogP contribution in [0.25, 0.3) is 10.2 Å². The third-order valence-corrected chi connectivity index (χ3v) is 5.40. The van der Waals surface area contributed by atoms with Crippen molar-refractivity contribution in [2.45, 2.75) is 22.7 Å². The molecule has 0 amide bonds. The third-order valence-electron chi connectivity index (χ3n) is 2.57. The number of rotatable bonds is 5. The highest BCUT2D eigenvalue weighted by atomic mass is 32.2. The summed E-state index contributed by atoms with van der Waals surface area (Å²) < 4.78 is 5.78. The predicted octanol–water partition coefficient (Wildman–Crippen LogP) is 3.40. The van der Waals surface area contributed by atoms with Crippen molar-refractivity contribution in [3.63, 3.8) is 0 Å². The van der Waals surface area contributed by atoms with Crippen LogP contribution in [0.3, 0.4) is 0 Å². The summed E-state index contributed by atoms with van der Waals surface area (Å²) in [4.78, 5) is 25.4. The summed E-state index contributed by atoms with van der Waals surface area (Å²) in [6.07, 6.45) is 1.77. The van der Waals surface area contributed by atoms with E-state index in [2.05, 4.69) is 15.0 Å². The fourth-order valence-electron chi connectivity index (χ4n) is 1.71. The molecule has 3 aromatic rings. The molecule has 0 atom stereocenters. The topological polar surface area (TPSA) is 65.0 Å². The van der Waals surface area contributed by atoms with Crippen molar-refractivity contribution in [2.75, 3.05) is 6.61 Å². The Morgan fingerprint density at radius 1 is 1.38 bits per heavy atom. The lowest BCUT2D eigenvalue weighted by molar-refractivity contribution is -0.142. The second kappa shape index (κ2) is 6.50. The van der Waals surface area contributed by atoms with Gasteiger partial charge in [-0.1, -0.05) is 0 Å². The fraction of sp³-hybridized carbons (Fsp3) is 0.231. The molecule has 108 valence electrons. The molecule has 0 unspecified atom stereocenters. The van der Waals surface area contributed by atoms with Crippen LogP contribution in [0, 0.1) is 0 Å². The highest BCUT2D eigenvalue weighted by Crippen LogP contribution is 2.34. The lowest BCUT2D eigenvalue weighted by atomic mass is 10.3. The molecule has 0 aliphatic heterocycles. The summed E-state index contributed by atoms with van der Waals surface area (Å²) >= 11 is 4.59. The average Bonchev–Trinajstić information content (AvgIpc) is 3.09. The second-order valence-electron chi connectivity index (χ2n) is 4.01. The zero-order valence-corrected chi connectivity index (χ0v) is 13.6. The molecule has 3 heterocycles. The highest BCUT2D eigenvalue weighted by Gasteiger charge is 2.12. The predicted molar refractivity (Wildman–Crippen MR) is 84.0 cm³/mol. The number of ether oxygens (including phenoxy) is 1.